The van der Waals surface area contributed by atoms with Crippen molar-refractivity contribution in [1.82, 2.24) is 5.32 Å². The van der Waals surface area contributed by atoms with Gasteiger partial charge in [0.1, 0.15) is 0 Å². The molecule has 1 N–H and O–H groups in total. The van der Waals surface area contributed by atoms with Crippen molar-refractivity contribution in [2.45, 2.75) is 52.2 Å². The summed E-state index contributed by atoms with van der Waals surface area (Å²) in [6, 6.07) is 0.716. The van der Waals surface area contributed by atoms with Crippen LogP contribution in [-0.2, 0) is 4.74 Å². The first-order valence-corrected chi connectivity index (χ1v) is 7.63. The Morgan fingerprint density at radius 3 is 2.69 bits per heavy atom. The van der Waals surface area contributed by atoms with Crippen LogP contribution < -0.4 is 5.32 Å². The van der Waals surface area contributed by atoms with Gasteiger partial charge < -0.3 is 10.1 Å². The summed E-state index contributed by atoms with van der Waals surface area (Å²) in [5, 5.41) is 3.65. The smallest absolute Gasteiger partial charge is 0.0598 e. The largest absolute Gasteiger partial charge is 0.376 e. The van der Waals surface area contributed by atoms with E-state index in [1.54, 1.807) is 0 Å². The summed E-state index contributed by atoms with van der Waals surface area (Å²) < 4.78 is 5.81. The minimum absolute atomic E-state index is 0.0120. The fraction of sp³-hybridized carbons (Fsp3) is 1.00. The number of hydrogen-bond donors (Lipinski definition) is 1. The van der Waals surface area contributed by atoms with Gasteiger partial charge in [-0.3, -0.25) is 0 Å². The molecule has 3 heteroatoms. The highest BCUT2D eigenvalue weighted by Crippen LogP contribution is 2.27. The van der Waals surface area contributed by atoms with Gasteiger partial charge in [-0.15, -0.1) is 0 Å². The van der Waals surface area contributed by atoms with Gasteiger partial charge in [-0.1, -0.05) is 6.92 Å². The third kappa shape index (κ3) is 5.55. The van der Waals surface area contributed by atoms with Gasteiger partial charge >= 0.3 is 0 Å². The number of hydrogen-bond acceptors (Lipinski definition) is 3. The van der Waals surface area contributed by atoms with Gasteiger partial charge in [0.15, 0.2) is 0 Å². The van der Waals surface area contributed by atoms with Crippen LogP contribution >= 0.6 is 11.8 Å². The second-order valence-electron chi connectivity index (χ2n) is 5.61. The lowest BCUT2D eigenvalue weighted by Gasteiger charge is -2.23. The predicted octanol–water partition coefficient (Wildman–Crippen LogP) is 2.92. The molecule has 1 heterocycles. The summed E-state index contributed by atoms with van der Waals surface area (Å²) >= 11 is 2.08. The van der Waals surface area contributed by atoms with Gasteiger partial charge in [0.2, 0.25) is 0 Å². The lowest BCUT2D eigenvalue weighted by molar-refractivity contribution is -0.00925. The fourth-order valence-corrected chi connectivity index (χ4v) is 3.44. The molecule has 0 aromatic rings. The van der Waals surface area contributed by atoms with Crippen LogP contribution in [0.15, 0.2) is 0 Å². The molecule has 2 unspecified atom stereocenters. The van der Waals surface area contributed by atoms with E-state index in [9.17, 15) is 0 Å². The van der Waals surface area contributed by atoms with E-state index in [0.717, 1.165) is 19.1 Å². The molecular weight excluding hydrogens is 218 g/mol. The van der Waals surface area contributed by atoms with Crippen LogP contribution in [0.5, 0.6) is 0 Å². The van der Waals surface area contributed by atoms with Crippen molar-refractivity contribution in [3.8, 4) is 0 Å². The van der Waals surface area contributed by atoms with Gasteiger partial charge in [-0.25, -0.2) is 0 Å². The maximum atomic E-state index is 5.81. The van der Waals surface area contributed by atoms with Gasteiger partial charge in [0.25, 0.3) is 0 Å². The quantitative estimate of drug-likeness (QED) is 0.777. The minimum Gasteiger partial charge on any atom is -0.376 e. The van der Waals surface area contributed by atoms with E-state index in [1.807, 2.05) is 0 Å². The Kier molecular flexibility index (Phi) is 6.16. The molecule has 2 nitrogen and oxygen atoms in total. The van der Waals surface area contributed by atoms with Crippen LogP contribution in [0, 0.1) is 5.92 Å². The number of thioether (sulfide) groups is 1. The molecule has 0 bridgehead atoms. The van der Waals surface area contributed by atoms with Crippen molar-refractivity contribution in [1.29, 1.82) is 0 Å². The van der Waals surface area contributed by atoms with E-state index < -0.39 is 0 Å². The van der Waals surface area contributed by atoms with Gasteiger partial charge in [-0.05, 0) is 51.8 Å². The number of rotatable bonds is 6. The van der Waals surface area contributed by atoms with Gasteiger partial charge in [0, 0.05) is 18.4 Å². The Balaban J connectivity index is 2.19. The van der Waals surface area contributed by atoms with Gasteiger partial charge in [0.05, 0.1) is 5.60 Å². The minimum atomic E-state index is 0.0120. The van der Waals surface area contributed by atoms with E-state index in [0.29, 0.717) is 6.04 Å². The molecule has 1 rings (SSSR count). The first kappa shape index (κ1) is 14.3. The molecule has 96 valence electrons. The maximum absolute atomic E-state index is 5.81. The normalized spacial score (nSPS) is 26.2. The van der Waals surface area contributed by atoms with Crippen molar-refractivity contribution >= 4 is 11.8 Å². The molecule has 0 saturated carbocycles. The van der Waals surface area contributed by atoms with Crippen LogP contribution in [-0.4, -0.2) is 36.3 Å². The number of ether oxygens (including phenoxy) is 1. The lowest BCUT2D eigenvalue weighted by atomic mass is 10.00. The first-order chi connectivity index (χ1) is 7.53. The predicted molar refractivity (Wildman–Crippen MR) is 73.2 cm³/mol. The molecule has 0 radical (unpaired) electrons. The Hall–Kier alpha value is 0.270. The molecule has 0 amide bonds. The maximum Gasteiger partial charge on any atom is 0.0598 e. The van der Waals surface area contributed by atoms with Crippen molar-refractivity contribution < 1.29 is 4.74 Å². The molecule has 0 spiro atoms. The highest BCUT2D eigenvalue weighted by molar-refractivity contribution is 7.99. The van der Waals surface area contributed by atoms with Crippen molar-refractivity contribution in [2.24, 2.45) is 5.92 Å². The highest BCUT2D eigenvalue weighted by Gasteiger charge is 2.27. The summed E-state index contributed by atoms with van der Waals surface area (Å²) in [5.41, 5.74) is 0.0120. The van der Waals surface area contributed by atoms with Crippen molar-refractivity contribution in [3.05, 3.63) is 0 Å². The SMILES string of the molecule is CCCNC1CSCC1CCOC(C)(C)C. The Labute approximate surface area is 105 Å². The van der Waals surface area contributed by atoms with Crippen molar-refractivity contribution in [2.75, 3.05) is 24.7 Å². The molecule has 0 aromatic carbocycles. The van der Waals surface area contributed by atoms with Crippen LogP contribution in [0.2, 0.25) is 0 Å². The van der Waals surface area contributed by atoms with Crippen LogP contribution in [0.4, 0.5) is 0 Å². The van der Waals surface area contributed by atoms with E-state index in [1.165, 1.54) is 24.3 Å². The molecule has 1 fully saturated rings. The summed E-state index contributed by atoms with van der Waals surface area (Å²) in [7, 11) is 0. The summed E-state index contributed by atoms with van der Waals surface area (Å²) in [4.78, 5) is 0. The second kappa shape index (κ2) is 6.87. The molecule has 0 aromatic heterocycles. The third-order valence-corrected chi connectivity index (χ3v) is 4.14. The average molecular weight is 245 g/mol. The monoisotopic (exact) mass is 245 g/mol. The first-order valence-electron chi connectivity index (χ1n) is 6.48. The Morgan fingerprint density at radius 1 is 1.31 bits per heavy atom. The molecule has 16 heavy (non-hydrogen) atoms. The zero-order valence-corrected chi connectivity index (χ0v) is 12.0. The van der Waals surface area contributed by atoms with Crippen LogP contribution in [0.25, 0.3) is 0 Å². The summed E-state index contributed by atoms with van der Waals surface area (Å²) in [6.45, 7) is 10.7. The molecule has 1 aliphatic heterocycles. The lowest BCUT2D eigenvalue weighted by Crippen LogP contribution is -2.36. The van der Waals surface area contributed by atoms with Gasteiger partial charge in [-0.2, -0.15) is 11.8 Å². The zero-order valence-electron chi connectivity index (χ0n) is 11.2. The molecule has 0 aliphatic carbocycles. The van der Waals surface area contributed by atoms with Crippen LogP contribution in [0.3, 0.4) is 0 Å². The summed E-state index contributed by atoms with van der Waals surface area (Å²) in [5.74, 6) is 3.38. The standard InChI is InChI=1S/C13H27NOS/c1-5-7-14-12-10-16-9-11(12)6-8-15-13(2,3)4/h11-12,14H,5-10H2,1-4H3. The second-order valence-corrected chi connectivity index (χ2v) is 6.68. The van der Waals surface area contributed by atoms with E-state index in [-0.39, 0.29) is 5.60 Å². The van der Waals surface area contributed by atoms with E-state index >= 15 is 0 Å². The molecule has 1 aliphatic rings. The molecule has 2 atom stereocenters. The van der Waals surface area contributed by atoms with Crippen molar-refractivity contribution in [3.63, 3.8) is 0 Å². The number of nitrogens with one attached hydrogen (secondary N) is 1. The average Bonchev–Trinajstić information content (AvgIpc) is 2.60. The Morgan fingerprint density at radius 2 is 2.06 bits per heavy atom. The Bertz CT molecular complexity index is 191. The third-order valence-electron chi connectivity index (χ3n) is 2.88. The molecular formula is C13H27NOS. The van der Waals surface area contributed by atoms with E-state index in [2.05, 4.69) is 44.8 Å². The topological polar surface area (TPSA) is 21.3 Å². The van der Waals surface area contributed by atoms with E-state index in [4.69, 9.17) is 4.74 Å². The van der Waals surface area contributed by atoms with Crippen LogP contribution in [0.1, 0.15) is 40.5 Å². The summed E-state index contributed by atoms with van der Waals surface area (Å²) in [6.07, 6.45) is 2.43. The highest BCUT2D eigenvalue weighted by atomic mass is 32.2. The zero-order chi connectivity index (χ0) is 12.0. The molecule has 1 saturated heterocycles. The fourth-order valence-electron chi connectivity index (χ4n) is 1.95.